The van der Waals surface area contributed by atoms with E-state index in [-0.39, 0.29) is 22.8 Å². The molecule has 2 N–H and O–H groups in total. The number of nitrogens with zero attached hydrogens (tertiary/aromatic N) is 1. The smallest absolute Gasteiger partial charge is 0.253 e. The normalized spacial score (nSPS) is 18.3. The van der Waals surface area contributed by atoms with Gasteiger partial charge in [-0.25, -0.2) is 0 Å². The van der Waals surface area contributed by atoms with E-state index in [9.17, 15) is 9.59 Å². The molecule has 0 aliphatic carbocycles. The first kappa shape index (κ1) is 25.0. The molecule has 30 heavy (non-hydrogen) atoms. The highest BCUT2D eigenvalue weighted by Gasteiger charge is 2.23. The number of likely N-dealkylation sites (tertiary alicyclic amines) is 1. The van der Waals surface area contributed by atoms with Crippen LogP contribution in [-0.4, -0.2) is 48.9 Å². The van der Waals surface area contributed by atoms with Gasteiger partial charge in [-0.3, -0.25) is 9.59 Å². The fourth-order valence-corrected chi connectivity index (χ4v) is 4.39. The summed E-state index contributed by atoms with van der Waals surface area (Å²) in [5.41, 5.74) is 0.318. The molecule has 1 fully saturated rings. The molecule has 2 unspecified atom stereocenters. The molecule has 7 heteroatoms. The first-order valence-corrected chi connectivity index (χ1v) is 11.8. The second-order valence-corrected chi connectivity index (χ2v) is 9.67. The molecule has 1 aliphatic rings. The summed E-state index contributed by atoms with van der Waals surface area (Å²) in [5, 5.41) is 6.56. The first-order valence-electron chi connectivity index (χ1n) is 11.0. The number of carbonyl (C=O) groups excluding carboxylic acids is 2. The maximum absolute atomic E-state index is 12.7. The molecule has 2 amide bonds. The molecule has 1 aliphatic heterocycles. The van der Waals surface area contributed by atoms with Gasteiger partial charge in [0.25, 0.3) is 5.91 Å². The van der Waals surface area contributed by atoms with Crippen molar-refractivity contribution < 1.29 is 9.59 Å². The van der Waals surface area contributed by atoms with Crippen LogP contribution in [0, 0.1) is 11.8 Å². The topological polar surface area (TPSA) is 61.4 Å². The van der Waals surface area contributed by atoms with Crippen LogP contribution in [0.4, 0.5) is 0 Å². The first-order chi connectivity index (χ1) is 14.3. The summed E-state index contributed by atoms with van der Waals surface area (Å²) >= 11 is 12.0. The van der Waals surface area contributed by atoms with E-state index in [2.05, 4.69) is 22.5 Å². The lowest BCUT2D eigenvalue weighted by molar-refractivity contribution is -0.123. The number of hydrogen-bond donors (Lipinski definition) is 2. The van der Waals surface area contributed by atoms with Crippen LogP contribution in [0.25, 0.3) is 0 Å². The Balaban J connectivity index is 1.80. The number of amides is 2. The minimum atomic E-state index is -0.591. The Labute approximate surface area is 190 Å². The molecule has 168 valence electrons. The van der Waals surface area contributed by atoms with Gasteiger partial charge in [0.15, 0.2) is 0 Å². The number of benzene rings is 1. The molecule has 0 radical (unpaired) electrons. The minimum absolute atomic E-state index is 0.145. The molecule has 0 saturated carbocycles. The van der Waals surface area contributed by atoms with E-state index >= 15 is 0 Å². The number of carbonyl (C=O) groups is 2. The van der Waals surface area contributed by atoms with Crippen molar-refractivity contribution in [3.05, 3.63) is 33.8 Å². The van der Waals surface area contributed by atoms with Gasteiger partial charge in [-0.1, -0.05) is 44.0 Å². The predicted molar refractivity (Wildman–Crippen MR) is 124 cm³/mol. The average molecular weight is 456 g/mol. The van der Waals surface area contributed by atoms with Crippen LogP contribution in [0.2, 0.25) is 10.0 Å². The largest absolute Gasteiger partial charge is 0.354 e. The van der Waals surface area contributed by atoms with Crippen LogP contribution in [0.5, 0.6) is 0 Å². The van der Waals surface area contributed by atoms with Gasteiger partial charge in [-0.05, 0) is 75.2 Å². The van der Waals surface area contributed by atoms with Gasteiger partial charge in [0.2, 0.25) is 5.91 Å². The van der Waals surface area contributed by atoms with Crippen molar-refractivity contribution in [1.82, 2.24) is 15.5 Å². The third kappa shape index (κ3) is 8.44. The zero-order valence-electron chi connectivity index (χ0n) is 18.3. The summed E-state index contributed by atoms with van der Waals surface area (Å²) in [6.07, 6.45) is 5.17. The molecular formula is C23H35Cl2N3O2. The third-order valence-electron chi connectivity index (χ3n) is 5.45. The van der Waals surface area contributed by atoms with E-state index in [1.807, 2.05) is 13.8 Å². The fourth-order valence-electron chi connectivity index (χ4n) is 3.90. The van der Waals surface area contributed by atoms with Gasteiger partial charge in [0.1, 0.15) is 6.04 Å². The highest BCUT2D eigenvalue weighted by atomic mass is 35.5. The summed E-state index contributed by atoms with van der Waals surface area (Å²) in [4.78, 5) is 27.9. The lowest BCUT2D eigenvalue weighted by Gasteiger charge is -2.30. The molecule has 0 spiro atoms. The van der Waals surface area contributed by atoms with Gasteiger partial charge in [-0.2, -0.15) is 0 Å². The Hall–Kier alpha value is -1.30. The van der Waals surface area contributed by atoms with Crippen LogP contribution in [0.15, 0.2) is 18.2 Å². The highest BCUT2D eigenvalue weighted by molar-refractivity contribution is 6.36. The van der Waals surface area contributed by atoms with E-state index in [1.54, 1.807) is 12.1 Å². The number of piperidine rings is 1. The Morgan fingerprint density at radius 1 is 1.23 bits per heavy atom. The summed E-state index contributed by atoms with van der Waals surface area (Å²) in [5.74, 6) is 0.543. The molecular weight excluding hydrogens is 421 g/mol. The van der Waals surface area contributed by atoms with Crippen molar-refractivity contribution in [3.63, 3.8) is 0 Å². The van der Waals surface area contributed by atoms with Gasteiger partial charge in [0, 0.05) is 18.1 Å². The van der Waals surface area contributed by atoms with Gasteiger partial charge >= 0.3 is 0 Å². The summed E-state index contributed by atoms with van der Waals surface area (Å²) in [6, 6.07) is 4.13. The zero-order valence-corrected chi connectivity index (χ0v) is 19.9. The number of unbranched alkanes of at least 4 members (excludes halogenated alkanes) is 1. The lowest BCUT2D eigenvalue weighted by Crippen LogP contribution is -2.47. The van der Waals surface area contributed by atoms with Crippen LogP contribution in [0.3, 0.4) is 0 Å². The van der Waals surface area contributed by atoms with E-state index in [4.69, 9.17) is 23.2 Å². The third-order valence-corrected chi connectivity index (χ3v) is 5.99. The van der Waals surface area contributed by atoms with Gasteiger partial charge in [0.05, 0.1) is 10.6 Å². The monoisotopic (exact) mass is 455 g/mol. The standard InChI is InChI=1S/C23H35Cl2N3O2/c1-16(2)13-21(27-22(29)19-9-8-18(24)14-20(19)25)23(30)26-10-4-5-11-28-12-6-7-17(3)15-28/h8-9,14,16-17,21H,4-7,10-13,15H2,1-3H3,(H,26,30)(H,27,29). The van der Waals surface area contributed by atoms with Gasteiger partial charge in [-0.15, -0.1) is 0 Å². The van der Waals surface area contributed by atoms with Gasteiger partial charge < -0.3 is 15.5 Å². The van der Waals surface area contributed by atoms with Crippen molar-refractivity contribution >= 4 is 35.0 Å². The lowest BCUT2D eigenvalue weighted by atomic mass is 10.00. The molecule has 0 aromatic heterocycles. The highest BCUT2D eigenvalue weighted by Crippen LogP contribution is 2.21. The van der Waals surface area contributed by atoms with Crippen LogP contribution >= 0.6 is 23.2 Å². The quantitative estimate of drug-likeness (QED) is 0.499. The Morgan fingerprint density at radius 2 is 2.00 bits per heavy atom. The van der Waals surface area contributed by atoms with E-state index in [0.717, 1.165) is 25.3 Å². The molecule has 2 atom stereocenters. The molecule has 2 rings (SSSR count). The van der Waals surface area contributed by atoms with E-state index in [0.29, 0.717) is 23.6 Å². The predicted octanol–water partition coefficient (Wildman–Crippen LogP) is 4.77. The van der Waals surface area contributed by atoms with Crippen LogP contribution in [0.1, 0.15) is 63.2 Å². The fraction of sp³-hybridized carbons (Fsp3) is 0.652. The molecule has 1 aromatic carbocycles. The summed E-state index contributed by atoms with van der Waals surface area (Å²) < 4.78 is 0. The molecule has 5 nitrogen and oxygen atoms in total. The number of rotatable bonds is 10. The maximum atomic E-state index is 12.7. The second kappa shape index (κ2) is 12.5. The Kier molecular flexibility index (Phi) is 10.4. The molecule has 1 saturated heterocycles. The van der Waals surface area contributed by atoms with Crippen molar-refractivity contribution in [2.75, 3.05) is 26.2 Å². The number of nitrogens with one attached hydrogen (secondary N) is 2. The minimum Gasteiger partial charge on any atom is -0.354 e. The summed E-state index contributed by atoms with van der Waals surface area (Å²) in [6.45, 7) is 10.4. The number of hydrogen-bond acceptors (Lipinski definition) is 3. The number of halogens is 2. The Bertz CT molecular complexity index is 712. The maximum Gasteiger partial charge on any atom is 0.253 e. The SMILES string of the molecule is CC(C)CC(NC(=O)c1ccc(Cl)cc1Cl)C(=O)NCCCCN1CCCC(C)C1. The van der Waals surface area contributed by atoms with Crippen molar-refractivity contribution in [2.24, 2.45) is 11.8 Å². The molecule has 0 bridgehead atoms. The molecule has 1 heterocycles. The zero-order chi connectivity index (χ0) is 22.1. The van der Waals surface area contributed by atoms with E-state index < -0.39 is 6.04 Å². The van der Waals surface area contributed by atoms with Crippen LogP contribution < -0.4 is 10.6 Å². The van der Waals surface area contributed by atoms with Crippen molar-refractivity contribution in [3.8, 4) is 0 Å². The molecule has 1 aromatic rings. The van der Waals surface area contributed by atoms with E-state index in [1.165, 1.54) is 32.0 Å². The second-order valence-electron chi connectivity index (χ2n) is 8.83. The van der Waals surface area contributed by atoms with Crippen molar-refractivity contribution in [2.45, 2.75) is 58.9 Å². The van der Waals surface area contributed by atoms with Crippen LogP contribution in [-0.2, 0) is 4.79 Å². The summed E-state index contributed by atoms with van der Waals surface area (Å²) in [7, 11) is 0. The Morgan fingerprint density at radius 3 is 2.67 bits per heavy atom. The average Bonchev–Trinajstić information content (AvgIpc) is 2.66. The van der Waals surface area contributed by atoms with Crippen molar-refractivity contribution in [1.29, 1.82) is 0 Å².